The van der Waals surface area contributed by atoms with E-state index in [0.29, 0.717) is 43.9 Å². The predicted octanol–water partition coefficient (Wildman–Crippen LogP) is 20.6. The molecule has 430 valence electrons. The molecular formula is C66H127N3O4. The summed E-state index contributed by atoms with van der Waals surface area (Å²) in [6.45, 7) is 18.2. The van der Waals surface area contributed by atoms with E-state index >= 15 is 0 Å². The molecule has 0 aliphatic carbocycles. The molecule has 0 aromatic carbocycles. The van der Waals surface area contributed by atoms with Gasteiger partial charge in [0, 0.05) is 38.2 Å². The summed E-state index contributed by atoms with van der Waals surface area (Å²) in [4.78, 5) is 32.8. The van der Waals surface area contributed by atoms with E-state index in [4.69, 9.17) is 9.47 Å². The van der Waals surface area contributed by atoms with Gasteiger partial charge in [-0.15, -0.1) is 0 Å². The molecule has 0 aliphatic heterocycles. The zero-order valence-corrected chi connectivity index (χ0v) is 50.1. The number of aromatic nitrogens is 2. The van der Waals surface area contributed by atoms with Gasteiger partial charge in [-0.25, -0.2) is 4.98 Å². The quantitative estimate of drug-likeness (QED) is 0.0478. The SMILES string of the molecule is CCCCCCCCCCCCCCCCN(CCCn1cnc(C)c1)C(CCCCCCCCC(=O)OCC(CCCC)CCCCCC)CCCCCCCCC(=O)OCC(CCCC)CCCCCC. The predicted molar refractivity (Wildman–Crippen MR) is 317 cm³/mol. The smallest absolute Gasteiger partial charge is 0.305 e. The molecule has 0 fully saturated rings. The number of imidazole rings is 1. The molecule has 0 aliphatic rings. The minimum atomic E-state index is 0.0227. The van der Waals surface area contributed by atoms with E-state index in [-0.39, 0.29) is 11.9 Å². The second-order valence-corrected chi connectivity index (χ2v) is 23.3. The average molecular weight is 1030 g/mol. The molecule has 0 bridgehead atoms. The Bertz CT molecular complexity index is 1240. The first-order chi connectivity index (χ1) is 35.9. The summed E-state index contributed by atoms with van der Waals surface area (Å²) >= 11 is 0. The molecule has 2 atom stereocenters. The van der Waals surface area contributed by atoms with E-state index in [2.05, 4.69) is 62.2 Å². The van der Waals surface area contributed by atoms with Crippen LogP contribution in [0.2, 0.25) is 0 Å². The first kappa shape index (κ1) is 69.1. The summed E-state index contributed by atoms with van der Waals surface area (Å²) < 4.78 is 14.0. The molecule has 1 rings (SSSR count). The lowest BCUT2D eigenvalue weighted by Crippen LogP contribution is -2.37. The van der Waals surface area contributed by atoms with Gasteiger partial charge in [-0.3, -0.25) is 9.59 Å². The Balaban J connectivity index is 2.67. The molecule has 1 heterocycles. The maximum atomic E-state index is 12.7. The fourth-order valence-corrected chi connectivity index (χ4v) is 11.2. The maximum Gasteiger partial charge on any atom is 0.305 e. The van der Waals surface area contributed by atoms with Crippen LogP contribution in [0.1, 0.15) is 342 Å². The fraction of sp³-hybridized carbons (Fsp3) is 0.924. The summed E-state index contributed by atoms with van der Waals surface area (Å²) in [5, 5.41) is 0. The Labute approximate surface area is 455 Å². The van der Waals surface area contributed by atoms with Crippen molar-refractivity contribution >= 4 is 11.9 Å². The highest BCUT2D eigenvalue weighted by atomic mass is 16.5. The number of ether oxygens (including phenoxy) is 2. The molecule has 7 nitrogen and oxygen atoms in total. The minimum absolute atomic E-state index is 0.0227. The van der Waals surface area contributed by atoms with Crippen LogP contribution in [-0.4, -0.2) is 58.7 Å². The molecule has 0 saturated heterocycles. The van der Waals surface area contributed by atoms with Gasteiger partial charge in [0.2, 0.25) is 0 Å². The third-order valence-electron chi connectivity index (χ3n) is 16.1. The lowest BCUT2D eigenvalue weighted by atomic mass is 9.96. The highest BCUT2D eigenvalue weighted by Crippen LogP contribution is 2.24. The van der Waals surface area contributed by atoms with Crippen molar-refractivity contribution in [2.45, 2.75) is 356 Å². The van der Waals surface area contributed by atoms with E-state index in [1.807, 2.05) is 6.33 Å². The van der Waals surface area contributed by atoms with Crippen LogP contribution < -0.4 is 0 Å². The summed E-state index contributed by atoms with van der Waals surface area (Å²) in [5.74, 6) is 1.12. The maximum absolute atomic E-state index is 12.7. The molecule has 73 heavy (non-hydrogen) atoms. The number of hydrogen-bond donors (Lipinski definition) is 0. The zero-order valence-electron chi connectivity index (χ0n) is 50.1. The van der Waals surface area contributed by atoms with E-state index < -0.39 is 0 Å². The number of esters is 2. The number of unbranched alkanes of at least 4 members (excludes halogenated alkanes) is 31. The standard InChI is InChI=1S/C66H127N3O4/c1-7-12-17-20-21-22-23-24-25-26-27-32-37-44-55-69(56-45-54-68-57-61(6)67-60-68)64(50-40-33-28-30-35-42-52-65(70)72-58-62(46-15-10-4)48-38-18-13-8-2)51-41-34-29-31-36-43-53-66(71)73-59-63(47-16-11-5)49-39-19-14-9-3/h57,60,62-64H,7-56,58-59H2,1-6H3. The van der Waals surface area contributed by atoms with Gasteiger partial charge in [0.15, 0.2) is 0 Å². The molecule has 0 radical (unpaired) electrons. The summed E-state index contributed by atoms with van der Waals surface area (Å²) in [6, 6.07) is 0.650. The van der Waals surface area contributed by atoms with Crippen molar-refractivity contribution in [2.75, 3.05) is 26.3 Å². The van der Waals surface area contributed by atoms with Crippen molar-refractivity contribution in [3.8, 4) is 0 Å². The fourth-order valence-electron chi connectivity index (χ4n) is 11.2. The Morgan fingerprint density at radius 3 is 1.15 bits per heavy atom. The normalized spacial score (nSPS) is 13.0. The summed E-state index contributed by atoms with van der Waals surface area (Å²) in [5.41, 5.74) is 1.11. The molecule has 7 heteroatoms. The summed E-state index contributed by atoms with van der Waals surface area (Å²) in [7, 11) is 0. The number of carbonyl (C=O) groups is 2. The molecule has 1 aromatic heterocycles. The molecule has 0 N–H and O–H groups in total. The van der Waals surface area contributed by atoms with Gasteiger partial charge in [0.05, 0.1) is 25.2 Å². The van der Waals surface area contributed by atoms with Gasteiger partial charge in [-0.05, 0) is 89.5 Å². The monoisotopic (exact) mass is 1030 g/mol. The first-order valence-corrected chi connectivity index (χ1v) is 32.9. The molecule has 1 aromatic rings. The van der Waals surface area contributed by atoms with Gasteiger partial charge in [0.25, 0.3) is 0 Å². The van der Waals surface area contributed by atoms with Crippen molar-refractivity contribution in [3.63, 3.8) is 0 Å². The van der Waals surface area contributed by atoms with E-state index in [0.717, 1.165) is 37.9 Å². The molecular weight excluding hydrogens is 899 g/mol. The summed E-state index contributed by atoms with van der Waals surface area (Å²) in [6.07, 6.45) is 63.2. The number of nitrogens with zero attached hydrogens (tertiary/aromatic N) is 3. The highest BCUT2D eigenvalue weighted by Gasteiger charge is 2.19. The Morgan fingerprint density at radius 2 is 0.753 bits per heavy atom. The van der Waals surface area contributed by atoms with Crippen molar-refractivity contribution < 1.29 is 19.1 Å². The van der Waals surface area contributed by atoms with Crippen LogP contribution in [-0.2, 0) is 25.6 Å². The number of aryl methyl sites for hydroxylation is 2. The van der Waals surface area contributed by atoms with E-state index in [1.165, 1.54) is 276 Å². The number of carbonyl (C=O) groups excluding carboxylic acids is 2. The lowest BCUT2D eigenvalue weighted by Gasteiger charge is -2.32. The van der Waals surface area contributed by atoms with Crippen LogP contribution in [0.15, 0.2) is 12.5 Å². The second kappa shape index (κ2) is 53.5. The number of hydrogen-bond acceptors (Lipinski definition) is 6. The topological polar surface area (TPSA) is 73.7 Å². The molecule has 2 unspecified atom stereocenters. The van der Waals surface area contributed by atoms with Crippen LogP contribution >= 0.6 is 0 Å². The second-order valence-electron chi connectivity index (χ2n) is 23.3. The minimum Gasteiger partial charge on any atom is -0.465 e. The van der Waals surface area contributed by atoms with Crippen LogP contribution in [0.3, 0.4) is 0 Å². The highest BCUT2D eigenvalue weighted by molar-refractivity contribution is 5.69. The largest absolute Gasteiger partial charge is 0.465 e. The van der Waals surface area contributed by atoms with Crippen molar-refractivity contribution in [1.29, 1.82) is 0 Å². The zero-order chi connectivity index (χ0) is 52.9. The van der Waals surface area contributed by atoms with Crippen LogP contribution in [0.5, 0.6) is 0 Å². The number of rotatable bonds is 58. The van der Waals surface area contributed by atoms with Gasteiger partial charge in [-0.2, -0.15) is 0 Å². The van der Waals surface area contributed by atoms with Gasteiger partial charge in [-0.1, -0.05) is 259 Å². The third-order valence-corrected chi connectivity index (χ3v) is 16.1. The van der Waals surface area contributed by atoms with Crippen molar-refractivity contribution in [3.05, 3.63) is 18.2 Å². The first-order valence-electron chi connectivity index (χ1n) is 32.9. The molecule has 0 saturated carbocycles. The molecule has 0 spiro atoms. The van der Waals surface area contributed by atoms with Gasteiger partial charge in [0.1, 0.15) is 0 Å². The Hall–Kier alpha value is -1.89. The third kappa shape index (κ3) is 44.9. The van der Waals surface area contributed by atoms with E-state index in [1.54, 1.807) is 0 Å². The Morgan fingerprint density at radius 1 is 0.425 bits per heavy atom. The Kier molecular flexibility index (Phi) is 50.7. The lowest BCUT2D eigenvalue weighted by molar-refractivity contribution is -0.146. The van der Waals surface area contributed by atoms with Crippen molar-refractivity contribution in [2.24, 2.45) is 11.8 Å². The van der Waals surface area contributed by atoms with Gasteiger partial charge < -0.3 is 18.9 Å². The van der Waals surface area contributed by atoms with Crippen LogP contribution in [0.4, 0.5) is 0 Å². The van der Waals surface area contributed by atoms with Crippen LogP contribution in [0.25, 0.3) is 0 Å². The average Bonchev–Trinajstić information content (AvgIpc) is 3.82. The van der Waals surface area contributed by atoms with E-state index in [9.17, 15) is 9.59 Å². The van der Waals surface area contributed by atoms with Crippen molar-refractivity contribution in [1.82, 2.24) is 14.5 Å². The van der Waals surface area contributed by atoms with Gasteiger partial charge >= 0.3 is 11.9 Å². The van der Waals surface area contributed by atoms with Crippen LogP contribution in [0, 0.1) is 18.8 Å². The molecule has 0 amide bonds.